The quantitative estimate of drug-likeness (QED) is 0.749. The third-order valence-corrected chi connectivity index (χ3v) is 4.68. The van der Waals surface area contributed by atoms with Gasteiger partial charge in [-0.15, -0.1) is 0 Å². The van der Waals surface area contributed by atoms with Gasteiger partial charge in [-0.2, -0.15) is 0 Å². The number of amides is 1. The Morgan fingerprint density at radius 3 is 2.50 bits per heavy atom. The molecule has 2 heterocycles. The highest BCUT2D eigenvalue weighted by molar-refractivity contribution is 5.94. The van der Waals surface area contributed by atoms with Crippen molar-refractivity contribution < 1.29 is 9.90 Å². The molecule has 3 aromatic rings. The lowest BCUT2D eigenvalue weighted by Crippen LogP contribution is -2.40. The van der Waals surface area contributed by atoms with E-state index in [0.29, 0.717) is 12.2 Å². The van der Waals surface area contributed by atoms with E-state index in [4.69, 9.17) is 0 Å². The number of H-pyrrole nitrogens is 1. The predicted octanol–water partition coefficient (Wildman–Crippen LogP) is 2.73. The predicted molar refractivity (Wildman–Crippen MR) is 98.6 cm³/mol. The number of carbonyl (C=O) groups excluding carboxylic acids is 1. The number of benzene rings is 2. The molecule has 0 bridgehead atoms. The largest absolute Gasteiger partial charge is 0.387 e. The van der Waals surface area contributed by atoms with Crippen molar-refractivity contribution in [1.82, 2.24) is 9.88 Å². The number of fused-ring (bicyclic) bond motifs is 1. The van der Waals surface area contributed by atoms with Crippen LogP contribution in [0.25, 0.3) is 11.3 Å². The Balaban J connectivity index is 1.62. The number of aliphatic hydroxyl groups excluding tert-OH is 1. The Hall–Kier alpha value is -3.18. The molecule has 0 radical (unpaired) electrons. The number of carbonyl (C=O) groups is 1. The highest BCUT2D eigenvalue weighted by Gasteiger charge is 2.28. The summed E-state index contributed by atoms with van der Waals surface area (Å²) >= 11 is 0. The fraction of sp³-hybridized carbons (Fsp3) is 0.143. The molecule has 1 aromatic heterocycles. The lowest BCUT2D eigenvalue weighted by atomic mass is 9.97. The van der Waals surface area contributed by atoms with Crippen LogP contribution in [-0.2, 0) is 6.54 Å². The van der Waals surface area contributed by atoms with E-state index in [9.17, 15) is 14.7 Å². The first-order valence-electron chi connectivity index (χ1n) is 8.47. The van der Waals surface area contributed by atoms with Crippen molar-refractivity contribution in [2.45, 2.75) is 12.6 Å². The van der Waals surface area contributed by atoms with Crippen LogP contribution < -0.4 is 5.56 Å². The van der Waals surface area contributed by atoms with E-state index in [-0.39, 0.29) is 18.0 Å². The second-order valence-corrected chi connectivity index (χ2v) is 6.38. The number of nitrogens with one attached hydrogen (secondary N) is 1. The van der Waals surface area contributed by atoms with Crippen molar-refractivity contribution in [3.8, 4) is 11.3 Å². The molecule has 1 atom stereocenters. The maximum absolute atomic E-state index is 12.8. The fourth-order valence-corrected chi connectivity index (χ4v) is 3.33. The number of aromatic amines is 1. The van der Waals surface area contributed by atoms with Crippen LogP contribution >= 0.6 is 0 Å². The van der Waals surface area contributed by atoms with Gasteiger partial charge in [0.25, 0.3) is 11.5 Å². The number of hydrogen-bond donors (Lipinski definition) is 2. The smallest absolute Gasteiger partial charge is 0.261 e. The summed E-state index contributed by atoms with van der Waals surface area (Å²) < 4.78 is 0. The van der Waals surface area contributed by atoms with Crippen LogP contribution in [0.15, 0.2) is 71.5 Å². The standard InChI is InChI=1S/C21H18N2O3/c24-19-13-23(12-15-8-4-5-9-16(15)19)21(26)17-10-11-18(22-20(17)25)14-6-2-1-3-7-14/h1-11,19,24H,12-13H2,(H,22,25). The molecule has 0 spiro atoms. The van der Waals surface area contributed by atoms with Crippen molar-refractivity contribution in [2.75, 3.05) is 6.54 Å². The summed E-state index contributed by atoms with van der Waals surface area (Å²) in [4.78, 5) is 29.6. The van der Waals surface area contributed by atoms with Crippen LogP contribution in [0.1, 0.15) is 27.6 Å². The molecule has 0 saturated carbocycles. The molecule has 5 nitrogen and oxygen atoms in total. The highest BCUT2D eigenvalue weighted by atomic mass is 16.3. The molecule has 26 heavy (non-hydrogen) atoms. The number of nitrogens with zero attached hydrogens (tertiary/aromatic N) is 1. The number of pyridine rings is 1. The lowest BCUT2D eigenvalue weighted by molar-refractivity contribution is 0.0548. The van der Waals surface area contributed by atoms with Crippen LogP contribution in [0.4, 0.5) is 0 Å². The van der Waals surface area contributed by atoms with E-state index >= 15 is 0 Å². The Bertz CT molecular complexity index is 1010. The topological polar surface area (TPSA) is 73.4 Å². The van der Waals surface area contributed by atoms with Gasteiger partial charge in [0.05, 0.1) is 12.6 Å². The Kier molecular flexibility index (Phi) is 4.14. The van der Waals surface area contributed by atoms with Crippen LogP contribution in [0.3, 0.4) is 0 Å². The van der Waals surface area contributed by atoms with E-state index in [1.807, 2.05) is 54.6 Å². The highest BCUT2D eigenvalue weighted by Crippen LogP contribution is 2.27. The van der Waals surface area contributed by atoms with Crippen LogP contribution in [0, 0.1) is 0 Å². The van der Waals surface area contributed by atoms with Gasteiger partial charge in [-0.1, -0.05) is 54.6 Å². The molecular formula is C21H18N2O3. The molecule has 1 unspecified atom stereocenters. The maximum atomic E-state index is 12.8. The van der Waals surface area contributed by atoms with E-state index in [0.717, 1.165) is 16.7 Å². The molecule has 1 aliphatic heterocycles. The summed E-state index contributed by atoms with van der Waals surface area (Å²) in [6.07, 6.45) is -0.744. The third-order valence-electron chi connectivity index (χ3n) is 4.68. The lowest BCUT2D eigenvalue weighted by Gasteiger charge is -2.32. The molecule has 5 heteroatoms. The second kappa shape index (κ2) is 6.61. The zero-order valence-electron chi connectivity index (χ0n) is 14.1. The van der Waals surface area contributed by atoms with E-state index in [1.54, 1.807) is 12.1 Å². The van der Waals surface area contributed by atoms with E-state index in [1.165, 1.54) is 4.90 Å². The second-order valence-electron chi connectivity index (χ2n) is 6.38. The molecular weight excluding hydrogens is 328 g/mol. The van der Waals surface area contributed by atoms with E-state index in [2.05, 4.69) is 4.98 Å². The minimum atomic E-state index is -0.744. The third kappa shape index (κ3) is 2.93. The average Bonchev–Trinajstić information content (AvgIpc) is 2.68. The minimum absolute atomic E-state index is 0.0799. The molecule has 2 aromatic carbocycles. The zero-order chi connectivity index (χ0) is 18.1. The first-order chi connectivity index (χ1) is 12.6. The first kappa shape index (κ1) is 16.3. The fourth-order valence-electron chi connectivity index (χ4n) is 3.33. The van der Waals surface area contributed by atoms with Crippen LogP contribution in [0.2, 0.25) is 0 Å². The summed E-state index contributed by atoms with van der Waals surface area (Å²) in [6, 6.07) is 20.2. The Labute approximate surface area is 150 Å². The van der Waals surface area contributed by atoms with Crippen molar-refractivity contribution >= 4 is 5.91 Å². The van der Waals surface area contributed by atoms with Gasteiger partial charge in [0.15, 0.2) is 0 Å². The Morgan fingerprint density at radius 2 is 1.73 bits per heavy atom. The zero-order valence-corrected chi connectivity index (χ0v) is 14.1. The minimum Gasteiger partial charge on any atom is -0.387 e. The molecule has 0 fully saturated rings. The number of aromatic nitrogens is 1. The molecule has 2 N–H and O–H groups in total. The summed E-state index contributed by atoms with van der Waals surface area (Å²) in [5, 5.41) is 10.3. The van der Waals surface area contributed by atoms with Gasteiger partial charge in [-0.25, -0.2) is 0 Å². The summed E-state index contributed by atoms with van der Waals surface area (Å²) in [5.74, 6) is -0.376. The van der Waals surface area contributed by atoms with Gasteiger partial charge >= 0.3 is 0 Å². The number of rotatable bonds is 2. The molecule has 1 aliphatic rings. The van der Waals surface area contributed by atoms with E-state index < -0.39 is 11.7 Å². The van der Waals surface area contributed by atoms with Crippen LogP contribution in [-0.4, -0.2) is 27.4 Å². The van der Waals surface area contributed by atoms with Crippen molar-refractivity contribution in [1.29, 1.82) is 0 Å². The monoisotopic (exact) mass is 346 g/mol. The van der Waals surface area contributed by atoms with Crippen molar-refractivity contribution in [3.63, 3.8) is 0 Å². The van der Waals surface area contributed by atoms with Gasteiger partial charge in [-0.05, 0) is 28.8 Å². The first-order valence-corrected chi connectivity index (χ1v) is 8.47. The SMILES string of the molecule is O=C(c1ccc(-c2ccccc2)[nH]c1=O)N1Cc2ccccc2C(O)C1. The maximum Gasteiger partial charge on any atom is 0.261 e. The molecule has 1 amide bonds. The van der Waals surface area contributed by atoms with Gasteiger partial charge in [-0.3, -0.25) is 9.59 Å². The summed E-state index contributed by atoms with van der Waals surface area (Å²) in [5.41, 5.74) is 2.94. The molecule has 130 valence electrons. The van der Waals surface area contributed by atoms with Crippen molar-refractivity contribution in [2.24, 2.45) is 0 Å². The molecule has 4 rings (SSSR count). The summed E-state index contributed by atoms with van der Waals surface area (Å²) in [6.45, 7) is 0.557. The number of hydrogen-bond acceptors (Lipinski definition) is 3. The normalized spacial score (nSPS) is 16.2. The van der Waals surface area contributed by atoms with Gasteiger partial charge < -0.3 is 15.0 Å². The molecule has 0 saturated heterocycles. The number of β-amino-alcohol motifs (C(OH)–C–C–N with tert-alkyl or cyclic N) is 1. The molecule has 0 aliphatic carbocycles. The van der Waals surface area contributed by atoms with Gasteiger partial charge in [0.1, 0.15) is 5.56 Å². The number of aliphatic hydroxyl groups is 1. The Morgan fingerprint density at radius 1 is 1.00 bits per heavy atom. The van der Waals surface area contributed by atoms with Gasteiger partial charge in [0.2, 0.25) is 0 Å². The van der Waals surface area contributed by atoms with Gasteiger partial charge in [0, 0.05) is 12.2 Å². The van der Waals surface area contributed by atoms with Crippen molar-refractivity contribution in [3.05, 3.63) is 93.8 Å². The van der Waals surface area contributed by atoms with Crippen LogP contribution in [0.5, 0.6) is 0 Å². The average molecular weight is 346 g/mol. The summed E-state index contributed by atoms with van der Waals surface area (Å²) in [7, 11) is 0.